The van der Waals surface area contributed by atoms with E-state index in [9.17, 15) is 14.7 Å². The maximum Gasteiger partial charge on any atom is 0.291 e. The fourth-order valence-corrected chi connectivity index (χ4v) is 3.88. The Bertz CT molecular complexity index is 1090. The molecule has 1 aliphatic heterocycles. The second-order valence-electron chi connectivity index (χ2n) is 9.74. The molecule has 2 fully saturated rings. The summed E-state index contributed by atoms with van der Waals surface area (Å²) in [5.74, 6) is -0.403. The Morgan fingerprint density at radius 2 is 1.94 bits per heavy atom. The van der Waals surface area contributed by atoms with Crippen LogP contribution in [-0.2, 0) is 11.3 Å². The normalized spacial score (nSPS) is 17.6. The van der Waals surface area contributed by atoms with Gasteiger partial charge in [0, 0.05) is 25.8 Å². The van der Waals surface area contributed by atoms with E-state index in [1.807, 2.05) is 26.8 Å². The maximum absolute atomic E-state index is 13.2. The van der Waals surface area contributed by atoms with Gasteiger partial charge in [-0.2, -0.15) is 4.52 Å². The minimum atomic E-state index is -0.673. The maximum atomic E-state index is 13.2. The van der Waals surface area contributed by atoms with E-state index in [1.54, 1.807) is 4.57 Å². The number of hydrogen-bond acceptors (Lipinski definition) is 6. The van der Waals surface area contributed by atoms with Crippen LogP contribution in [0.4, 0.5) is 5.82 Å². The third kappa shape index (κ3) is 4.94. The van der Waals surface area contributed by atoms with Gasteiger partial charge in [-0.3, -0.25) is 14.2 Å². The number of aromatic hydroxyl groups is 1. The van der Waals surface area contributed by atoms with Gasteiger partial charge in [0.15, 0.2) is 17.0 Å². The molecule has 10 heteroatoms. The lowest BCUT2D eigenvalue weighted by Crippen LogP contribution is -2.35. The van der Waals surface area contributed by atoms with Gasteiger partial charge in [-0.1, -0.05) is 32.9 Å². The summed E-state index contributed by atoms with van der Waals surface area (Å²) in [5.41, 5.74) is 5.94. The molecule has 0 spiro atoms. The van der Waals surface area contributed by atoms with Crippen molar-refractivity contribution in [2.45, 2.75) is 59.0 Å². The van der Waals surface area contributed by atoms with Crippen molar-refractivity contribution in [3.05, 3.63) is 27.6 Å². The van der Waals surface area contributed by atoms with Crippen molar-refractivity contribution in [2.24, 2.45) is 11.3 Å². The molecular weight excluding hydrogens is 434 g/mol. The van der Waals surface area contributed by atoms with E-state index < -0.39 is 11.5 Å². The van der Waals surface area contributed by atoms with Gasteiger partial charge in [0.25, 0.3) is 11.5 Å². The number of carbonyl (C=O) groups excluding carboxylic acids is 1. The van der Waals surface area contributed by atoms with Crippen LogP contribution in [0.25, 0.3) is 11.7 Å². The third-order valence-electron chi connectivity index (χ3n) is 5.64. The number of nitrogens with zero attached hydrogens (tertiary/aromatic N) is 3. The summed E-state index contributed by atoms with van der Waals surface area (Å²) in [7, 11) is 0. The molecule has 4 rings (SSSR count). The minimum absolute atomic E-state index is 0. The van der Waals surface area contributed by atoms with Crippen LogP contribution in [-0.4, -0.2) is 44.5 Å². The van der Waals surface area contributed by atoms with E-state index >= 15 is 0 Å². The van der Waals surface area contributed by atoms with Crippen molar-refractivity contribution in [1.29, 1.82) is 0 Å². The first-order valence-electron chi connectivity index (χ1n) is 10.9. The molecule has 2 aliphatic rings. The molecule has 0 aromatic carbocycles. The Balaban J connectivity index is 0.00000289. The average molecular weight is 466 g/mol. The van der Waals surface area contributed by atoms with Crippen LogP contribution in [0.2, 0.25) is 0 Å². The third-order valence-corrected chi connectivity index (χ3v) is 5.64. The fraction of sp³-hybridized carbons (Fsp3) is 0.591. The zero-order chi connectivity index (χ0) is 22.3. The van der Waals surface area contributed by atoms with Gasteiger partial charge in [0.1, 0.15) is 0 Å². The van der Waals surface area contributed by atoms with Gasteiger partial charge in [-0.05, 0) is 37.0 Å². The van der Waals surface area contributed by atoms with Crippen molar-refractivity contribution in [2.75, 3.05) is 18.9 Å². The predicted molar refractivity (Wildman–Crippen MR) is 125 cm³/mol. The number of fused-ring (bicyclic) bond motifs is 1. The number of amides is 1. The van der Waals surface area contributed by atoms with E-state index in [-0.39, 0.29) is 41.1 Å². The van der Waals surface area contributed by atoms with Crippen molar-refractivity contribution in [3.8, 4) is 5.88 Å². The summed E-state index contributed by atoms with van der Waals surface area (Å²) in [5, 5.41) is 18.1. The Morgan fingerprint density at radius 1 is 1.28 bits per heavy atom. The highest BCUT2D eigenvalue weighted by Crippen LogP contribution is 2.30. The summed E-state index contributed by atoms with van der Waals surface area (Å²) in [4.78, 5) is 25.9. The topological polar surface area (TPSA) is 124 Å². The summed E-state index contributed by atoms with van der Waals surface area (Å²) in [6, 6.07) is 0.0544. The quantitative estimate of drug-likeness (QED) is 0.623. The first-order chi connectivity index (χ1) is 14.7. The van der Waals surface area contributed by atoms with E-state index in [4.69, 9.17) is 10.5 Å². The van der Waals surface area contributed by atoms with Crippen LogP contribution in [0.15, 0.2) is 10.9 Å². The fourth-order valence-electron chi connectivity index (χ4n) is 3.88. The van der Waals surface area contributed by atoms with E-state index in [0.717, 1.165) is 30.2 Å². The predicted octanol–water partition coefficient (Wildman–Crippen LogP) is 2.58. The van der Waals surface area contributed by atoms with Crippen molar-refractivity contribution in [1.82, 2.24) is 19.5 Å². The zero-order valence-electron chi connectivity index (χ0n) is 18.8. The molecule has 176 valence electrons. The molecule has 0 unspecified atom stereocenters. The molecule has 1 saturated heterocycles. The number of allylic oxidation sites excluding steroid dienone is 1. The van der Waals surface area contributed by atoms with Gasteiger partial charge in [-0.25, -0.2) is 0 Å². The second kappa shape index (κ2) is 9.15. The second-order valence-corrected chi connectivity index (χ2v) is 9.74. The van der Waals surface area contributed by atoms with Gasteiger partial charge in [0.05, 0.1) is 5.56 Å². The van der Waals surface area contributed by atoms with Crippen LogP contribution in [0.5, 0.6) is 5.88 Å². The molecule has 1 amide bonds. The number of nitrogens with one attached hydrogen (secondary N) is 1. The molecular formula is C22H32ClN5O4. The Hall–Kier alpha value is -2.52. The molecule has 3 heterocycles. The molecule has 0 bridgehead atoms. The molecule has 0 radical (unpaired) electrons. The van der Waals surface area contributed by atoms with Crippen LogP contribution >= 0.6 is 12.4 Å². The number of nitrogens with two attached hydrogens (primary N) is 1. The number of aromatic nitrogens is 3. The lowest BCUT2D eigenvalue weighted by molar-refractivity contribution is 0.0787. The Labute approximate surface area is 193 Å². The van der Waals surface area contributed by atoms with Gasteiger partial charge >= 0.3 is 0 Å². The molecule has 32 heavy (non-hydrogen) atoms. The lowest BCUT2D eigenvalue weighted by Gasteiger charge is -2.23. The highest BCUT2D eigenvalue weighted by Gasteiger charge is 2.31. The SMILES string of the molecule is CC(C)(C)Cn1c(O)c(C(=O)NC2CC2)c(=O)n2nc(N)c(/C=C/C3CCOCC3)c12.Cl. The molecule has 1 aliphatic carbocycles. The summed E-state index contributed by atoms with van der Waals surface area (Å²) in [6.45, 7) is 7.85. The average Bonchev–Trinajstić information content (AvgIpc) is 3.44. The van der Waals surface area contributed by atoms with Gasteiger partial charge in [0.2, 0.25) is 5.88 Å². The van der Waals surface area contributed by atoms with Crippen molar-refractivity contribution >= 4 is 35.9 Å². The van der Waals surface area contributed by atoms with Gasteiger partial charge < -0.3 is 20.9 Å². The number of nitrogen functional groups attached to an aromatic ring is 1. The first kappa shape index (κ1) is 24.1. The Morgan fingerprint density at radius 3 is 2.53 bits per heavy atom. The van der Waals surface area contributed by atoms with Crippen molar-refractivity contribution < 1.29 is 14.6 Å². The summed E-state index contributed by atoms with van der Waals surface area (Å²) in [6.07, 6.45) is 7.52. The highest BCUT2D eigenvalue weighted by atomic mass is 35.5. The molecule has 4 N–H and O–H groups in total. The monoisotopic (exact) mass is 465 g/mol. The summed E-state index contributed by atoms with van der Waals surface area (Å²) < 4.78 is 8.14. The van der Waals surface area contributed by atoms with Crippen LogP contribution in [0.1, 0.15) is 62.4 Å². The largest absolute Gasteiger partial charge is 0.494 e. The Kier molecular flexibility index (Phi) is 6.90. The smallest absolute Gasteiger partial charge is 0.291 e. The standard InChI is InChI=1S/C22H31N5O4.ClH/c1-22(2,3)12-26-19-15(7-4-13-8-10-31-11-9-13)17(23)25-27(19)21(30)16(20(26)29)18(28)24-14-5-6-14;/h4,7,13-14,29H,5-6,8-12H2,1-3H3,(H2,23,25)(H,24,28);1H/b7-4+;. The number of ether oxygens (including phenoxy) is 1. The molecule has 2 aromatic heterocycles. The van der Waals surface area contributed by atoms with Crippen LogP contribution < -0.4 is 16.6 Å². The molecule has 2 aromatic rings. The minimum Gasteiger partial charge on any atom is -0.494 e. The summed E-state index contributed by atoms with van der Waals surface area (Å²) >= 11 is 0. The highest BCUT2D eigenvalue weighted by molar-refractivity contribution is 5.97. The number of anilines is 1. The van der Waals surface area contributed by atoms with E-state index in [1.165, 1.54) is 0 Å². The lowest BCUT2D eigenvalue weighted by atomic mass is 9.96. The van der Waals surface area contributed by atoms with Crippen molar-refractivity contribution in [3.63, 3.8) is 0 Å². The van der Waals surface area contributed by atoms with Crippen LogP contribution in [0, 0.1) is 11.3 Å². The zero-order valence-corrected chi connectivity index (χ0v) is 19.6. The number of hydrogen-bond donors (Lipinski definition) is 3. The number of rotatable bonds is 5. The number of halogens is 1. The molecule has 0 atom stereocenters. The van der Waals surface area contributed by atoms with E-state index in [0.29, 0.717) is 36.9 Å². The number of carbonyl (C=O) groups is 1. The first-order valence-corrected chi connectivity index (χ1v) is 10.9. The van der Waals surface area contributed by atoms with Crippen LogP contribution in [0.3, 0.4) is 0 Å². The molecule has 9 nitrogen and oxygen atoms in total. The van der Waals surface area contributed by atoms with Gasteiger partial charge in [-0.15, -0.1) is 17.5 Å². The molecule has 1 saturated carbocycles. The van der Waals surface area contributed by atoms with E-state index in [2.05, 4.69) is 16.5 Å².